The summed E-state index contributed by atoms with van der Waals surface area (Å²) in [7, 11) is 0. The van der Waals surface area contributed by atoms with Crippen molar-refractivity contribution in [2.45, 2.75) is 12.7 Å². The average Bonchev–Trinajstić information content (AvgIpc) is 3.28. The molecular formula is C30H22F3N3O2. The lowest BCUT2D eigenvalue weighted by molar-refractivity contribution is -0.137. The number of carbonyl (C=O) groups is 2. The number of ketones is 1. The van der Waals surface area contributed by atoms with Crippen LogP contribution in [-0.2, 0) is 12.7 Å². The number of benzene rings is 4. The standard InChI is InChI=1S/C30H22F3N3O2/c31-30(32,33)23-16-7-6-15-22(23)24-25(28(34)36-26(24)27(37)19-10-2-1-3-11-19)29(38)35-17-20-13-8-12-18-9-4-5-14-21(18)20/h1-16,36H,17,34H2,(H,35,38). The third-order valence-electron chi connectivity index (χ3n) is 6.34. The van der Waals surface area contributed by atoms with Crippen LogP contribution in [0.5, 0.6) is 0 Å². The molecule has 5 aromatic rings. The van der Waals surface area contributed by atoms with Crippen molar-refractivity contribution in [2.75, 3.05) is 5.73 Å². The average molecular weight is 514 g/mol. The molecule has 5 rings (SSSR count). The molecule has 0 bridgehead atoms. The second-order valence-corrected chi connectivity index (χ2v) is 8.72. The number of amides is 1. The molecule has 0 fully saturated rings. The minimum Gasteiger partial charge on any atom is -0.385 e. The van der Waals surface area contributed by atoms with E-state index in [-0.39, 0.29) is 40.3 Å². The number of carbonyl (C=O) groups excluding carboxylic acids is 2. The Morgan fingerprint density at radius 1 is 0.816 bits per heavy atom. The lowest BCUT2D eigenvalue weighted by Gasteiger charge is -2.15. The van der Waals surface area contributed by atoms with E-state index in [0.29, 0.717) is 0 Å². The van der Waals surface area contributed by atoms with Crippen LogP contribution >= 0.6 is 0 Å². The van der Waals surface area contributed by atoms with Crippen LogP contribution in [0.4, 0.5) is 19.0 Å². The number of nitrogen functional groups attached to an aromatic ring is 1. The first-order valence-corrected chi connectivity index (χ1v) is 11.8. The molecule has 5 nitrogen and oxygen atoms in total. The van der Waals surface area contributed by atoms with Gasteiger partial charge in [-0.3, -0.25) is 9.59 Å². The predicted molar refractivity (Wildman–Crippen MR) is 141 cm³/mol. The first-order valence-electron chi connectivity index (χ1n) is 11.8. The smallest absolute Gasteiger partial charge is 0.385 e. The van der Waals surface area contributed by atoms with Gasteiger partial charge in [-0.15, -0.1) is 0 Å². The predicted octanol–water partition coefficient (Wildman–Crippen LogP) is 6.60. The zero-order valence-electron chi connectivity index (χ0n) is 20.0. The minimum atomic E-state index is -4.73. The third kappa shape index (κ3) is 4.64. The normalized spacial score (nSPS) is 11.4. The van der Waals surface area contributed by atoms with Gasteiger partial charge in [-0.25, -0.2) is 0 Å². The van der Waals surface area contributed by atoms with Crippen LogP contribution in [0.1, 0.15) is 37.5 Å². The zero-order valence-corrected chi connectivity index (χ0v) is 20.0. The van der Waals surface area contributed by atoms with Crippen molar-refractivity contribution < 1.29 is 22.8 Å². The van der Waals surface area contributed by atoms with E-state index in [4.69, 9.17) is 5.73 Å². The number of rotatable bonds is 6. The molecule has 0 aliphatic heterocycles. The van der Waals surface area contributed by atoms with Gasteiger partial charge >= 0.3 is 6.18 Å². The Morgan fingerprint density at radius 3 is 2.24 bits per heavy atom. The van der Waals surface area contributed by atoms with Crippen molar-refractivity contribution in [3.8, 4) is 11.1 Å². The molecule has 8 heteroatoms. The van der Waals surface area contributed by atoms with Gasteiger partial charge in [0.1, 0.15) is 5.82 Å². The quantitative estimate of drug-likeness (QED) is 0.224. The highest BCUT2D eigenvalue weighted by molar-refractivity contribution is 6.17. The second-order valence-electron chi connectivity index (χ2n) is 8.72. The Balaban J connectivity index is 1.62. The summed E-state index contributed by atoms with van der Waals surface area (Å²) in [5.41, 5.74) is 5.32. The molecule has 0 atom stereocenters. The van der Waals surface area contributed by atoms with E-state index in [0.717, 1.165) is 22.4 Å². The molecule has 0 saturated heterocycles. The highest BCUT2D eigenvalue weighted by atomic mass is 19.4. The molecule has 1 aromatic heterocycles. The van der Waals surface area contributed by atoms with E-state index < -0.39 is 23.4 Å². The van der Waals surface area contributed by atoms with Crippen molar-refractivity contribution in [1.29, 1.82) is 0 Å². The molecule has 0 aliphatic rings. The summed E-state index contributed by atoms with van der Waals surface area (Å²) < 4.78 is 42.1. The van der Waals surface area contributed by atoms with Gasteiger partial charge in [-0.05, 0) is 28.0 Å². The van der Waals surface area contributed by atoms with Crippen LogP contribution in [0.3, 0.4) is 0 Å². The Labute approximate surface area is 216 Å². The van der Waals surface area contributed by atoms with Gasteiger partial charge in [0, 0.05) is 17.7 Å². The molecule has 1 amide bonds. The number of H-pyrrole nitrogens is 1. The topological polar surface area (TPSA) is 88.0 Å². The highest BCUT2D eigenvalue weighted by Gasteiger charge is 2.37. The van der Waals surface area contributed by atoms with E-state index in [1.54, 1.807) is 30.3 Å². The number of nitrogens with two attached hydrogens (primary N) is 1. The molecule has 4 aromatic carbocycles. The van der Waals surface area contributed by atoms with Crippen LogP contribution < -0.4 is 11.1 Å². The summed E-state index contributed by atoms with van der Waals surface area (Å²) in [6.45, 7) is 0.104. The van der Waals surface area contributed by atoms with E-state index in [2.05, 4.69) is 10.3 Å². The third-order valence-corrected chi connectivity index (χ3v) is 6.34. The van der Waals surface area contributed by atoms with Crippen molar-refractivity contribution in [2.24, 2.45) is 0 Å². The van der Waals surface area contributed by atoms with Crippen LogP contribution in [0, 0.1) is 0 Å². The molecule has 190 valence electrons. The first kappa shape index (κ1) is 24.8. The summed E-state index contributed by atoms with van der Waals surface area (Å²) in [5, 5.41) is 4.69. The molecule has 0 spiro atoms. The number of hydrogen-bond donors (Lipinski definition) is 3. The van der Waals surface area contributed by atoms with Gasteiger partial charge in [0.15, 0.2) is 0 Å². The van der Waals surface area contributed by atoms with E-state index in [1.807, 2.05) is 42.5 Å². The fourth-order valence-corrected chi connectivity index (χ4v) is 4.59. The maximum atomic E-state index is 14.0. The monoisotopic (exact) mass is 513 g/mol. The highest BCUT2D eigenvalue weighted by Crippen LogP contribution is 2.41. The fourth-order valence-electron chi connectivity index (χ4n) is 4.59. The van der Waals surface area contributed by atoms with Crippen molar-refractivity contribution in [3.63, 3.8) is 0 Å². The summed E-state index contributed by atoms with van der Waals surface area (Å²) >= 11 is 0. The van der Waals surface area contributed by atoms with E-state index >= 15 is 0 Å². The van der Waals surface area contributed by atoms with Crippen LogP contribution in [0.25, 0.3) is 21.9 Å². The number of alkyl halides is 3. The summed E-state index contributed by atoms with van der Waals surface area (Å²) in [4.78, 5) is 29.6. The molecule has 0 unspecified atom stereocenters. The molecule has 38 heavy (non-hydrogen) atoms. The van der Waals surface area contributed by atoms with Crippen molar-refractivity contribution >= 4 is 28.3 Å². The molecule has 1 heterocycles. The lowest BCUT2D eigenvalue weighted by atomic mass is 9.92. The number of aromatic amines is 1. The Bertz CT molecular complexity index is 1650. The number of aromatic nitrogens is 1. The van der Waals surface area contributed by atoms with Gasteiger partial charge in [0.25, 0.3) is 5.91 Å². The molecule has 0 aliphatic carbocycles. The Hall–Kier alpha value is -4.85. The Morgan fingerprint density at radius 2 is 1.47 bits per heavy atom. The summed E-state index contributed by atoms with van der Waals surface area (Å²) in [6, 6.07) is 26.2. The van der Waals surface area contributed by atoms with Crippen molar-refractivity contribution in [1.82, 2.24) is 10.3 Å². The van der Waals surface area contributed by atoms with E-state index in [1.165, 1.54) is 18.2 Å². The first-order chi connectivity index (χ1) is 18.3. The largest absolute Gasteiger partial charge is 0.417 e. The van der Waals surface area contributed by atoms with Crippen LogP contribution in [0.15, 0.2) is 97.1 Å². The molecule has 0 saturated carbocycles. The van der Waals surface area contributed by atoms with Crippen LogP contribution in [-0.4, -0.2) is 16.7 Å². The number of nitrogens with one attached hydrogen (secondary N) is 2. The van der Waals surface area contributed by atoms with Gasteiger partial charge in [0.05, 0.1) is 16.8 Å². The van der Waals surface area contributed by atoms with Gasteiger partial charge in [-0.1, -0.05) is 91.0 Å². The second kappa shape index (κ2) is 9.89. The molecule has 4 N–H and O–H groups in total. The maximum absolute atomic E-state index is 14.0. The van der Waals surface area contributed by atoms with Gasteiger partial charge in [-0.2, -0.15) is 13.2 Å². The molecule has 0 radical (unpaired) electrons. The van der Waals surface area contributed by atoms with Gasteiger partial charge < -0.3 is 16.0 Å². The number of anilines is 1. The van der Waals surface area contributed by atoms with E-state index in [9.17, 15) is 22.8 Å². The number of halogens is 3. The number of fused-ring (bicyclic) bond motifs is 1. The molecular weight excluding hydrogens is 491 g/mol. The number of hydrogen-bond acceptors (Lipinski definition) is 3. The van der Waals surface area contributed by atoms with Gasteiger partial charge in [0.2, 0.25) is 5.78 Å². The summed E-state index contributed by atoms with van der Waals surface area (Å²) in [5.74, 6) is -1.49. The van der Waals surface area contributed by atoms with Crippen molar-refractivity contribution in [3.05, 3.63) is 125 Å². The minimum absolute atomic E-state index is 0.104. The van der Waals surface area contributed by atoms with Crippen LogP contribution in [0.2, 0.25) is 0 Å². The SMILES string of the molecule is Nc1[nH]c(C(=O)c2ccccc2)c(-c2ccccc2C(F)(F)F)c1C(=O)NCc1cccc2ccccc12. The zero-order chi connectivity index (χ0) is 26.9. The summed E-state index contributed by atoms with van der Waals surface area (Å²) in [6.07, 6.45) is -4.73. The lowest BCUT2D eigenvalue weighted by Crippen LogP contribution is -2.24. The Kier molecular flexibility index (Phi) is 6.46. The fraction of sp³-hybridized carbons (Fsp3) is 0.0667. The maximum Gasteiger partial charge on any atom is 0.417 e.